The van der Waals surface area contributed by atoms with Crippen molar-refractivity contribution in [3.05, 3.63) is 182 Å². The van der Waals surface area contributed by atoms with Crippen molar-refractivity contribution in [3.63, 3.8) is 0 Å². The normalized spacial score (nSPS) is 11.8. The van der Waals surface area contributed by atoms with Gasteiger partial charge in [-0.1, -0.05) is 109 Å². The van der Waals surface area contributed by atoms with Crippen LogP contribution in [0.1, 0.15) is 5.56 Å². The molecule has 1 N–H and O–H groups in total. The molecule has 5 heteroatoms. The lowest BCUT2D eigenvalue weighted by atomic mass is 9.97. The Bertz CT molecular complexity index is 3210. The van der Waals surface area contributed by atoms with E-state index in [-0.39, 0.29) is 0 Å². The maximum Gasteiger partial charge on any atom is 0.147 e. The first-order valence-corrected chi connectivity index (χ1v) is 18.3. The summed E-state index contributed by atoms with van der Waals surface area (Å²) in [6, 6.07) is 60.4. The van der Waals surface area contributed by atoms with Crippen LogP contribution in [0.3, 0.4) is 0 Å². The zero-order chi connectivity index (χ0) is 35.8. The predicted molar refractivity (Wildman–Crippen MR) is 224 cm³/mol. The summed E-state index contributed by atoms with van der Waals surface area (Å²) in [6.45, 7) is 2.20. The number of nitrogens with one attached hydrogen (secondary N) is 1. The second kappa shape index (κ2) is 11.9. The zero-order valence-electron chi connectivity index (χ0n) is 29.5. The number of fused-ring (bicyclic) bond motifs is 7. The van der Waals surface area contributed by atoms with Crippen molar-refractivity contribution in [2.24, 2.45) is 0 Å². The standard InChI is InChI=1S/C49H33N5/c1-31-28-44-41(30-40(31)32-14-4-2-5-15-32)37-26-25-33(29-45(37)54(44)46-24-10-11-27-50-46)35-19-13-23-43-48(35)52-49(53(43)34-16-6-3-7-17-34)39-21-12-20-38-36-18-8-9-22-42(36)51-47(38)39/h2-30,51H,1H3. The third-order valence-electron chi connectivity index (χ3n) is 10.9. The Kier molecular flexibility index (Phi) is 6.70. The topological polar surface area (TPSA) is 51.4 Å². The maximum atomic E-state index is 5.54. The molecular formula is C49H33N5. The fraction of sp³-hybridized carbons (Fsp3) is 0.0204. The van der Waals surface area contributed by atoms with Gasteiger partial charge in [-0.15, -0.1) is 0 Å². The Morgan fingerprint density at radius 1 is 0.481 bits per heavy atom. The summed E-state index contributed by atoms with van der Waals surface area (Å²) in [5.41, 5.74) is 14.4. The maximum absolute atomic E-state index is 5.54. The van der Waals surface area contributed by atoms with Crippen LogP contribution in [-0.2, 0) is 0 Å². The van der Waals surface area contributed by atoms with Crippen molar-refractivity contribution in [2.45, 2.75) is 6.92 Å². The molecular weight excluding hydrogens is 659 g/mol. The molecule has 0 unspecified atom stereocenters. The van der Waals surface area contributed by atoms with Crippen LogP contribution in [0.15, 0.2) is 176 Å². The Morgan fingerprint density at radius 3 is 2.07 bits per heavy atom. The van der Waals surface area contributed by atoms with Crippen molar-refractivity contribution in [3.8, 4) is 45.1 Å². The minimum Gasteiger partial charge on any atom is -0.354 e. The van der Waals surface area contributed by atoms with Gasteiger partial charge in [0.15, 0.2) is 0 Å². The summed E-state index contributed by atoms with van der Waals surface area (Å²) in [4.78, 5) is 14.1. The van der Waals surface area contributed by atoms with E-state index in [2.05, 4.69) is 185 Å². The van der Waals surface area contributed by atoms with Crippen LogP contribution in [0.4, 0.5) is 0 Å². The molecule has 0 saturated carbocycles. The second-order valence-corrected chi connectivity index (χ2v) is 14.0. The summed E-state index contributed by atoms with van der Waals surface area (Å²) in [6.07, 6.45) is 1.87. The molecule has 11 aromatic rings. The predicted octanol–water partition coefficient (Wildman–Crippen LogP) is 12.5. The van der Waals surface area contributed by atoms with E-state index in [1.54, 1.807) is 0 Å². The molecule has 11 rings (SSSR count). The monoisotopic (exact) mass is 691 g/mol. The van der Waals surface area contributed by atoms with Gasteiger partial charge in [-0.25, -0.2) is 9.97 Å². The number of aromatic amines is 1. The largest absolute Gasteiger partial charge is 0.354 e. The Balaban J connectivity index is 1.18. The molecule has 0 atom stereocenters. The molecule has 0 aliphatic rings. The highest BCUT2D eigenvalue weighted by atomic mass is 15.1. The van der Waals surface area contributed by atoms with E-state index in [0.717, 1.165) is 67.1 Å². The minimum absolute atomic E-state index is 0.891. The van der Waals surface area contributed by atoms with E-state index in [0.29, 0.717) is 0 Å². The Morgan fingerprint density at radius 2 is 1.22 bits per heavy atom. The Hall–Kier alpha value is -7.24. The first-order valence-electron chi connectivity index (χ1n) is 18.3. The summed E-state index contributed by atoms with van der Waals surface area (Å²) in [5, 5.41) is 4.78. The van der Waals surface area contributed by atoms with E-state index in [9.17, 15) is 0 Å². The SMILES string of the molecule is Cc1cc2c(cc1-c1ccccc1)c1ccc(-c3cccc4c3nc(-c3cccc5c3[nH]c3ccccc35)n4-c3ccccc3)cc1n2-c1ccccn1. The second-order valence-electron chi connectivity index (χ2n) is 14.0. The van der Waals surface area contributed by atoms with Gasteiger partial charge < -0.3 is 4.98 Å². The van der Waals surface area contributed by atoms with E-state index < -0.39 is 0 Å². The first-order chi connectivity index (χ1) is 26.7. The van der Waals surface area contributed by atoms with E-state index in [4.69, 9.17) is 9.97 Å². The van der Waals surface area contributed by atoms with Crippen molar-refractivity contribution in [2.75, 3.05) is 0 Å². The number of hydrogen-bond acceptors (Lipinski definition) is 2. The highest BCUT2D eigenvalue weighted by Gasteiger charge is 2.22. The third-order valence-corrected chi connectivity index (χ3v) is 10.9. The molecule has 4 aromatic heterocycles. The van der Waals surface area contributed by atoms with Gasteiger partial charge in [0.05, 0.1) is 27.6 Å². The highest BCUT2D eigenvalue weighted by Crippen LogP contribution is 2.41. The number of imidazole rings is 1. The van der Waals surface area contributed by atoms with Crippen LogP contribution in [-0.4, -0.2) is 24.1 Å². The summed E-state index contributed by atoms with van der Waals surface area (Å²) < 4.78 is 4.61. The molecule has 0 amide bonds. The van der Waals surface area contributed by atoms with Gasteiger partial charge >= 0.3 is 0 Å². The van der Waals surface area contributed by atoms with Crippen LogP contribution >= 0.6 is 0 Å². The Labute approximate surface area is 311 Å². The van der Waals surface area contributed by atoms with Crippen LogP contribution in [0.5, 0.6) is 0 Å². The van der Waals surface area contributed by atoms with Gasteiger partial charge in [-0.2, -0.15) is 0 Å². The summed E-state index contributed by atoms with van der Waals surface area (Å²) >= 11 is 0. The fourth-order valence-electron chi connectivity index (χ4n) is 8.41. The lowest BCUT2D eigenvalue weighted by Gasteiger charge is -2.11. The molecule has 0 aliphatic carbocycles. The van der Waals surface area contributed by atoms with E-state index in [1.807, 2.05) is 12.3 Å². The minimum atomic E-state index is 0.891. The summed E-state index contributed by atoms with van der Waals surface area (Å²) in [5.74, 6) is 1.79. The molecule has 0 fully saturated rings. The number of aromatic nitrogens is 5. The van der Waals surface area contributed by atoms with Crippen molar-refractivity contribution >= 4 is 54.6 Å². The third kappa shape index (κ3) is 4.58. The van der Waals surface area contributed by atoms with Crippen LogP contribution in [0.2, 0.25) is 0 Å². The van der Waals surface area contributed by atoms with E-state index >= 15 is 0 Å². The number of para-hydroxylation sites is 4. The van der Waals surface area contributed by atoms with Gasteiger partial charge in [0.25, 0.3) is 0 Å². The summed E-state index contributed by atoms with van der Waals surface area (Å²) in [7, 11) is 0. The van der Waals surface area contributed by atoms with Crippen LogP contribution in [0, 0.1) is 6.92 Å². The van der Waals surface area contributed by atoms with Gasteiger partial charge in [0.2, 0.25) is 0 Å². The zero-order valence-corrected chi connectivity index (χ0v) is 29.5. The van der Waals surface area contributed by atoms with Crippen LogP contribution in [0.25, 0.3) is 99.8 Å². The number of aryl methyl sites for hydroxylation is 1. The molecule has 54 heavy (non-hydrogen) atoms. The number of benzene rings is 7. The quantitative estimate of drug-likeness (QED) is 0.195. The number of rotatable bonds is 5. The van der Waals surface area contributed by atoms with Crippen LogP contribution < -0.4 is 0 Å². The fourth-order valence-corrected chi connectivity index (χ4v) is 8.41. The number of nitrogens with zero attached hydrogens (tertiary/aromatic N) is 4. The van der Waals surface area contributed by atoms with Crippen molar-refractivity contribution in [1.82, 2.24) is 24.1 Å². The highest BCUT2D eigenvalue weighted by molar-refractivity contribution is 6.13. The van der Waals surface area contributed by atoms with Gasteiger partial charge in [0, 0.05) is 50.1 Å². The average molecular weight is 692 g/mol. The van der Waals surface area contributed by atoms with Gasteiger partial charge in [0.1, 0.15) is 11.6 Å². The van der Waals surface area contributed by atoms with Crippen molar-refractivity contribution in [1.29, 1.82) is 0 Å². The molecule has 7 aromatic carbocycles. The molecule has 0 saturated heterocycles. The lowest BCUT2D eigenvalue weighted by Crippen LogP contribution is -1.97. The molecule has 0 bridgehead atoms. The van der Waals surface area contributed by atoms with Crippen molar-refractivity contribution < 1.29 is 0 Å². The number of H-pyrrole nitrogens is 1. The van der Waals surface area contributed by atoms with Gasteiger partial charge in [-0.3, -0.25) is 9.13 Å². The number of pyridine rings is 1. The van der Waals surface area contributed by atoms with E-state index in [1.165, 1.54) is 38.2 Å². The number of hydrogen-bond donors (Lipinski definition) is 1. The molecule has 0 aliphatic heterocycles. The first kappa shape index (κ1) is 30.4. The van der Waals surface area contributed by atoms with Gasteiger partial charge in [-0.05, 0) is 89.8 Å². The average Bonchev–Trinajstić information content (AvgIpc) is 3.91. The molecule has 254 valence electrons. The molecule has 0 radical (unpaired) electrons. The lowest BCUT2D eigenvalue weighted by molar-refractivity contribution is 1.08. The molecule has 4 heterocycles. The molecule has 5 nitrogen and oxygen atoms in total. The molecule has 0 spiro atoms. The smallest absolute Gasteiger partial charge is 0.147 e.